The molecule has 68 valence electrons. The quantitative estimate of drug-likeness (QED) is 0.687. The highest BCUT2D eigenvalue weighted by Gasteiger charge is 2.05. The molecule has 1 aromatic rings. The van der Waals surface area contributed by atoms with Crippen LogP contribution in [0.3, 0.4) is 0 Å². The van der Waals surface area contributed by atoms with Gasteiger partial charge in [0.25, 0.3) is 0 Å². The van der Waals surface area contributed by atoms with Gasteiger partial charge in [-0.25, -0.2) is 4.98 Å². The Balaban J connectivity index is 2.64. The summed E-state index contributed by atoms with van der Waals surface area (Å²) in [7, 11) is 0. The molecule has 0 saturated carbocycles. The van der Waals surface area contributed by atoms with E-state index in [-0.39, 0.29) is 0 Å². The van der Waals surface area contributed by atoms with Crippen molar-refractivity contribution in [2.24, 2.45) is 0 Å². The molecule has 0 spiro atoms. The lowest BCUT2D eigenvalue weighted by Crippen LogP contribution is -2.07. The lowest BCUT2D eigenvalue weighted by molar-refractivity contribution is 0.0852. The topological polar surface area (TPSA) is 27.1 Å². The van der Waals surface area contributed by atoms with Crippen molar-refractivity contribution in [3.05, 3.63) is 18.2 Å². The Bertz CT molecular complexity index is 230. The molecule has 1 aromatic heterocycles. The number of aromatic nitrogens is 2. The Morgan fingerprint density at radius 1 is 1.58 bits per heavy atom. The zero-order valence-corrected chi connectivity index (χ0v) is 7.95. The summed E-state index contributed by atoms with van der Waals surface area (Å²) in [5.74, 6) is 1.55. The average molecular weight is 168 g/mol. The van der Waals surface area contributed by atoms with Gasteiger partial charge in [-0.3, -0.25) is 0 Å². The number of nitrogens with zero attached hydrogens (tertiary/aromatic N) is 2. The van der Waals surface area contributed by atoms with Crippen LogP contribution in [0, 0.1) is 0 Å². The highest BCUT2D eigenvalue weighted by molar-refractivity contribution is 4.96. The molecule has 0 atom stereocenters. The molecule has 3 nitrogen and oxygen atoms in total. The van der Waals surface area contributed by atoms with Crippen LogP contribution in [0.4, 0.5) is 0 Å². The Hall–Kier alpha value is -0.830. The molecule has 0 unspecified atom stereocenters. The Labute approximate surface area is 73.4 Å². The Morgan fingerprint density at radius 2 is 2.33 bits per heavy atom. The first-order chi connectivity index (χ1) is 5.75. The summed E-state index contributed by atoms with van der Waals surface area (Å²) < 4.78 is 7.33. The first-order valence-electron chi connectivity index (χ1n) is 4.34. The number of ether oxygens (including phenoxy) is 1. The van der Waals surface area contributed by atoms with Gasteiger partial charge >= 0.3 is 0 Å². The lowest BCUT2D eigenvalue weighted by atomic mass is 10.2. The third kappa shape index (κ3) is 2.08. The van der Waals surface area contributed by atoms with Crippen LogP contribution in [-0.2, 0) is 11.5 Å². The summed E-state index contributed by atoms with van der Waals surface area (Å²) in [6.07, 6.45) is 3.76. The third-order valence-corrected chi connectivity index (χ3v) is 1.70. The fourth-order valence-electron chi connectivity index (χ4n) is 1.12. The van der Waals surface area contributed by atoms with E-state index in [4.69, 9.17) is 4.74 Å². The van der Waals surface area contributed by atoms with E-state index in [9.17, 15) is 0 Å². The van der Waals surface area contributed by atoms with Crippen molar-refractivity contribution in [2.75, 3.05) is 6.61 Å². The van der Waals surface area contributed by atoms with Gasteiger partial charge in [-0.1, -0.05) is 13.8 Å². The molecule has 0 N–H and O–H groups in total. The van der Waals surface area contributed by atoms with Crippen molar-refractivity contribution < 1.29 is 4.74 Å². The van der Waals surface area contributed by atoms with E-state index in [1.807, 2.05) is 23.9 Å². The van der Waals surface area contributed by atoms with Crippen LogP contribution in [0.2, 0.25) is 0 Å². The van der Waals surface area contributed by atoms with Crippen LogP contribution in [-0.4, -0.2) is 16.2 Å². The van der Waals surface area contributed by atoms with E-state index in [1.54, 1.807) is 0 Å². The Kier molecular flexibility index (Phi) is 3.29. The summed E-state index contributed by atoms with van der Waals surface area (Å²) in [4.78, 5) is 4.25. The predicted octanol–water partition coefficient (Wildman–Crippen LogP) is 2.00. The molecule has 12 heavy (non-hydrogen) atoms. The van der Waals surface area contributed by atoms with Crippen molar-refractivity contribution in [3.63, 3.8) is 0 Å². The van der Waals surface area contributed by atoms with Crippen molar-refractivity contribution in [1.29, 1.82) is 0 Å². The molecular formula is C9H16N2O. The first kappa shape index (κ1) is 9.26. The highest BCUT2D eigenvalue weighted by atomic mass is 16.5. The summed E-state index contributed by atoms with van der Waals surface area (Å²) in [5.41, 5.74) is 0. The van der Waals surface area contributed by atoms with Crippen LogP contribution in [0.25, 0.3) is 0 Å². The van der Waals surface area contributed by atoms with Gasteiger partial charge in [0.2, 0.25) is 0 Å². The van der Waals surface area contributed by atoms with Crippen molar-refractivity contribution in [1.82, 2.24) is 9.55 Å². The fourth-order valence-corrected chi connectivity index (χ4v) is 1.12. The second-order valence-electron chi connectivity index (χ2n) is 3.03. The van der Waals surface area contributed by atoms with Crippen molar-refractivity contribution >= 4 is 0 Å². The molecular weight excluding hydrogens is 152 g/mol. The van der Waals surface area contributed by atoms with E-state index < -0.39 is 0 Å². The summed E-state index contributed by atoms with van der Waals surface area (Å²) in [6.45, 7) is 7.61. The van der Waals surface area contributed by atoms with Gasteiger partial charge in [0.15, 0.2) is 0 Å². The highest BCUT2D eigenvalue weighted by Crippen LogP contribution is 2.11. The first-order valence-corrected chi connectivity index (χ1v) is 4.34. The summed E-state index contributed by atoms with van der Waals surface area (Å²) in [5, 5.41) is 0. The molecule has 0 aliphatic carbocycles. The van der Waals surface area contributed by atoms with Gasteiger partial charge in [-0.05, 0) is 6.92 Å². The minimum Gasteiger partial charge on any atom is -0.361 e. The average Bonchev–Trinajstić information content (AvgIpc) is 2.48. The van der Waals surface area contributed by atoms with Crippen LogP contribution in [0.1, 0.15) is 32.5 Å². The smallest absolute Gasteiger partial charge is 0.123 e. The van der Waals surface area contributed by atoms with Gasteiger partial charge in [0.1, 0.15) is 12.6 Å². The van der Waals surface area contributed by atoms with Crippen LogP contribution < -0.4 is 0 Å². The van der Waals surface area contributed by atoms with Gasteiger partial charge in [0.05, 0.1) is 0 Å². The van der Waals surface area contributed by atoms with E-state index in [0.29, 0.717) is 12.6 Å². The van der Waals surface area contributed by atoms with E-state index in [0.717, 1.165) is 12.4 Å². The molecule has 0 aromatic carbocycles. The minimum absolute atomic E-state index is 0.459. The molecule has 0 bridgehead atoms. The van der Waals surface area contributed by atoms with Gasteiger partial charge in [0, 0.05) is 24.9 Å². The number of hydrogen-bond acceptors (Lipinski definition) is 2. The standard InChI is InChI=1S/C9H16N2O/c1-4-12-7-11-6-5-10-9(11)8(2)3/h5-6,8H,4,7H2,1-3H3. The van der Waals surface area contributed by atoms with Gasteiger partial charge in [-0.2, -0.15) is 0 Å². The van der Waals surface area contributed by atoms with Crippen LogP contribution in [0.5, 0.6) is 0 Å². The third-order valence-electron chi connectivity index (χ3n) is 1.70. The zero-order valence-electron chi connectivity index (χ0n) is 7.95. The normalized spacial score (nSPS) is 11.0. The van der Waals surface area contributed by atoms with Crippen LogP contribution in [0.15, 0.2) is 12.4 Å². The summed E-state index contributed by atoms with van der Waals surface area (Å²) >= 11 is 0. The molecule has 0 aliphatic heterocycles. The number of hydrogen-bond donors (Lipinski definition) is 0. The molecule has 0 radical (unpaired) electrons. The second kappa shape index (κ2) is 4.26. The molecule has 0 amide bonds. The number of imidazole rings is 1. The molecule has 1 rings (SSSR count). The molecule has 0 saturated heterocycles. The molecule has 3 heteroatoms. The Morgan fingerprint density at radius 3 is 2.92 bits per heavy atom. The monoisotopic (exact) mass is 168 g/mol. The number of rotatable bonds is 4. The van der Waals surface area contributed by atoms with E-state index in [2.05, 4.69) is 18.8 Å². The van der Waals surface area contributed by atoms with Crippen LogP contribution >= 0.6 is 0 Å². The van der Waals surface area contributed by atoms with Gasteiger partial charge < -0.3 is 9.30 Å². The summed E-state index contributed by atoms with van der Waals surface area (Å²) in [6, 6.07) is 0. The maximum atomic E-state index is 5.29. The maximum absolute atomic E-state index is 5.29. The van der Waals surface area contributed by atoms with Gasteiger partial charge in [-0.15, -0.1) is 0 Å². The predicted molar refractivity (Wildman–Crippen MR) is 47.9 cm³/mol. The maximum Gasteiger partial charge on any atom is 0.123 e. The van der Waals surface area contributed by atoms with Crippen molar-refractivity contribution in [3.8, 4) is 0 Å². The van der Waals surface area contributed by atoms with E-state index in [1.165, 1.54) is 0 Å². The zero-order chi connectivity index (χ0) is 8.97. The fraction of sp³-hybridized carbons (Fsp3) is 0.667. The lowest BCUT2D eigenvalue weighted by Gasteiger charge is -2.09. The van der Waals surface area contributed by atoms with E-state index >= 15 is 0 Å². The SMILES string of the molecule is CCOCn1ccnc1C(C)C. The second-order valence-corrected chi connectivity index (χ2v) is 3.03. The van der Waals surface area contributed by atoms with Crippen molar-refractivity contribution in [2.45, 2.75) is 33.4 Å². The molecule has 1 heterocycles. The molecule has 0 aliphatic rings. The molecule has 0 fully saturated rings. The largest absolute Gasteiger partial charge is 0.361 e. The minimum atomic E-state index is 0.459.